The van der Waals surface area contributed by atoms with E-state index in [9.17, 15) is 5.11 Å². The summed E-state index contributed by atoms with van der Waals surface area (Å²) in [4.78, 5) is 0. The predicted molar refractivity (Wildman–Crippen MR) is 65.8 cm³/mol. The Morgan fingerprint density at radius 2 is 2.06 bits per heavy atom. The minimum absolute atomic E-state index is 0.146. The van der Waals surface area contributed by atoms with Gasteiger partial charge in [0.05, 0.1) is 20.8 Å². The van der Waals surface area contributed by atoms with Crippen LogP contribution in [0.5, 0.6) is 11.5 Å². The molecular weight excluding hydrogens is 218 g/mol. The number of rotatable bonds is 4. The van der Waals surface area contributed by atoms with Crippen LogP contribution in [0.15, 0.2) is 18.2 Å². The van der Waals surface area contributed by atoms with Crippen molar-refractivity contribution in [2.24, 2.45) is 0 Å². The minimum Gasteiger partial charge on any atom is -0.493 e. The molecule has 2 atom stereocenters. The highest BCUT2D eigenvalue weighted by molar-refractivity contribution is 5.44. The van der Waals surface area contributed by atoms with E-state index in [0.29, 0.717) is 5.92 Å². The Hall–Kier alpha value is -1.26. The smallest absolute Gasteiger partial charge is 0.160 e. The number of nitrogens with one attached hydrogen (secondary N) is 1. The van der Waals surface area contributed by atoms with Crippen LogP contribution in [0.25, 0.3) is 0 Å². The second-order valence-electron chi connectivity index (χ2n) is 4.25. The van der Waals surface area contributed by atoms with Gasteiger partial charge in [0.1, 0.15) is 0 Å². The van der Waals surface area contributed by atoms with Crippen LogP contribution < -0.4 is 14.8 Å². The number of benzene rings is 1. The molecule has 1 fully saturated rings. The van der Waals surface area contributed by atoms with Crippen LogP contribution in [0.2, 0.25) is 0 Å². The number of aliphatic hydroxyl groups excluding tert-OH is 1. The molecule has 1 heterocycles. The van der Waals surface area contributed by atoms with E-state index in [1.165, 1.54) is 5.56 Å². The normalized spacial score (nSPS) is 23.7. The van der Waals surface area contributed by atoms with Gasteiger partial charge < -0.3 is 19.9 Å². The molecule has 1 aromatic carbocycles. The zero-order chi connectivity index (χ0) is 12.3. The van der Waals surface area contributed by atoms with Crippen LogP contribution in [0.3, 0.4) is 0 Å². The molecule has 0 spiro atoms. The second kappa shape index (κ2) is 5.38. The Labute approximate surface area is 102 Å². The van der Waals surface area contributed by atoms with E-state index < -0.39 is 0 Å². The van der Waals surface area contributed by atoms with Crippen molar-refractivity contribution in [2.45, 2.75) is 18.4 Å². The first-order valence-electron chi connectivity index (χ1n) is 5.86. The van der Waals surface area contributed by atoms with Gasteiger partial charge in [-0.3, -0.25) is 0 Å². The van der Waals surface area contributed by atoms with Crippen molar-refractivity contribution in [3.8, 4) is 11.5 Å². The fraction of sp³-hybridized carbons (Fsp3) is 0.538. The lowest BCUT2D eigenvalue weighted by atomic mass is 9.92. The van der Waals surface area contributed by atoms with Crippen LogP contribution in [-0.2, 0) is 0 Å². The average molecular weight is 237 g/mol. The molecule has 0 unspecified atom stereocenters. The Morgan fingerprint density at radius 1 is 1.29 bits per heavy atom. The summed E-state index contributed by atoms with van der Waals surface area (Å²) in [5.41, 5.74) is 1.19. The van der Waals surface area contributed by atoms with E-state index in [-0.39, 0.29) is 12.6 Å². The van der Waals surface area contributed by atoms with E-state index in [2.05, 4.69) is 5.32 Å². The molecule has 0 bridgehead atoms. The summed E-state index contributed by atoms with van der Waals surface area (Å²) in [6.07, 6.45) is 1.04. The first kappa shape index (κ1) is 12.2. The van der Waals surface area contributed by atoms with Crippen molar-refractivity contribution in [3.63, 3.8) is 0 Å². The molecule has 4 nitrogen and oxygen atoms in total. The van der Waals surface area contributed by atoms with Gasteiger partial charge in [-0.05, 0) is 30.7 Å². The van der Waals surface area contributed by atoms with E-state index in [1.54, 1.807) is 14.2 Å². The predicted octanol–water partition coefficient (Wildman–Crippen LogP) is 1.14. The van der Waals surface area contributed by atoms with Gasteiger partial charge in [0, 0.05) is 12.0 Å². The quantitative estimate of drug-likeness (QED) is 0.824. The Morgan fingerprint density at radius 3 is 2.71 bits per heavy atom. The Bertz CT molecular complexity index is 381. The highest BCUT2D eigenvalue weighted by atomic mass is 16.5. The summed E-state index contributed by atoms with van der Waals surface area (Å²) >= 11 is 0. The van der Waals surface area contributed by atoms with Crippen LogP contribution in [0.4, 0.5) is 0 Å². The van der Waals surface area contributed by atoms with Gasteiger partial charge in [-0.2, -0.15) is 0 Å². The lowest BCUT2D eigenvalue weighted by Crippen LogP contribution is -2.29. The van der Waals surface area contributed by atoms with Crippen LogP contribution in [0, 0.1) is 0 Å². The molecule has 0 aromatic heterocycles. The maximum Gasteiger partial charge on any atom is 0.160 e. The zero-order valence-corrected chi connectivity index (χ0v) is 10.3. The molecular formula is C13H19NO3. The molecule has 2 rings (SSSR count). The van der Waals surface area contributed by atoms with E-state index in [4.69, 9.17) is 9.47 Å². The average Bonchev–Trinajstić information content (AvgIpc) is 2.86. The maximum absolute atomic E-state index is 9.31. The highest BCUT2D eigenvalue weighted by Crippen LogP contribution is 2.34. The third kappa shape index (κ3) is 2.37. The van der Waals surface area contributed by atoms with E-state index >= 15 is 0 Å². The molecule has 1 aliphatic heterocycles. The number of hydrogen-bond acceptors (Lipinski definition) is 4. The van der Waals surface area contributed by atoms with Crippen molar-refractivity contribution >= 4 is 0 Å². The molecule has 94 valence electrons. The van der Waals surface area contributed by atoms with Gasteiger partial charge >= 0.3 is 0 Å². The van der Waals surface area contributed by atoms with Crippen LogP contribution in [-0.4, -0.2) is 38.5 Å². The lowest BCUT2D eigenvalue weighted by molar-refractivity contribution is 0.245. The fourth-order valence-corrected chi connectivity index (χ4v) is 2.44. The first-order chi connectivity index (χ1) is 8.30. The van der Waals surface area contributed by atoms with E-state index in [0.717, 1.165) is 24.5 Å². The highest BCUT2D eigenvalue weighted by Gasteiger charge is 2.28. The van der Waals surface area contributed by atoms with E-state index in [1.807, 2.05) is 18.2 Å². The minimum atomic E-state index is 0.146. The summed E-state index contributed by atoms with van der Waals surface area (Å²) < 4.78 is 10.5. The standard InChI is InChI=1S/C13H19NO3/c1-16-12-4-3-9(7-13(12)17-2)10-5-6-14-11(10)8-15/h3-4,7,10-11,14-15H,5-6,8H2,1-2H3/t10-,11-/m0/s1. The molecule has 0 radical (unpaired) electrons. The summed E-state index contributed by atoms with van der Waals surface area (Å²) in [5.74, 6) is 1.83. The third-order valence-corrected chi connectivity index (χ3v) is 3.38. The molecule has 1 aliphatic rings. The summed E-state index contributed by atoms with van der Waals surface area (Å²) in [7, 11) is 3.27. The molecule has 2 N–H and O–H groups in total. The number of aliphatic hydroxyl groups is 1. The number of hydrogen-bond donors (Lipinski definition) is 2. The van der Waals surface area contributed by atoms with Crippen LogP contribution >= 0.6 is 0 Å². The molecule has 1 saturated heterocycles. The summed E-state index contributed by atoms with van der Waals surface area (Å²) in [5, 5.41) is 12.6. The van der Waals surface area contributed by atoms with Crippen molar-refractivity contribution in [1.29, 1.82) is 0 Å². The molecule has 17 heavy (non-hydrogen) atoms. The number of methoxy groups -OCH3 is 2. The van der Waals surface area contributed by atoms with Gasteiger partial charge in [-0.25, -0.2) is 0 Å². The molecule has 4 heteroatoms. The largest absolute Gasteiger partial charge is 0.493 e. The topological polar surface area (TPSA) is 50.7 Å². The van der Waals surface area contributed by atoms with Gasteiger partial charge in [0.15, 0.2) is 11.5 Å². The van der Waals surface area contributed by atoms with Gasteiger partial charge in [0.2, 0.25) is 0 Å². The second-order valence-corrected chi connectivity index (χ2v) is 4.25. The van der Waals surface area contributed by atoms with Gasteiger partial charge in [-0.1, -0.05) is 6.07 Å². The van der Waals surface area contributed by atoms with Crippen molar-refractivity contribution in [3.05, 3.63) is 23.8 Å². The monoisotopic (exact) mass is 237 g/mol. The Balaban J connectivity index is 2.26. The van der Waals surface area contributed by atoms with Crippen molar-refractivity contribution in [2.75, 3.05) is 27.4 Å². The van der Waals surface area contributed by atoms with Crippen molar-refractivity contribution in [1.82, 2.24) is 5.32 Å². The number of ether oxygens (including phenoxy) is 2. The lowest BCUT2D eigenvalue weighted by Gasteiger charge is -2.19. The third-order valence-electron chi connectivity index (χ3n) is 3.38. The SMILES string of the molecule is COc1ccc([C@@H]2CCN[C@H]2CO)cc1OC. The maximum atomic E-state index is 9.31. The zero-order valence-electron chi connectivity index (χ0n) is 10.3. The van der Waals surface area contributed by atoms with Gasteiger partial charge in [0.25, 0.3) is 0 Å². The van der Waals surface area contributed by atoms with Gasteiger partial charge in [-0.15, -0.1) is 0 Å². The molecule has 1 aromatic rings. The molecule has 0 amide bonds. The summed E-state index contributed by atoms with van der Waals surface area (Å²) in [6, 6.07) is 6.11. The fourth-order valence-electron chi connectivity index (χ4n) is 2.44. The van der Waals surface area contributed by atoms with Crippen LogP contribution in [0.1, 0.15) is 17.9 Å². The van der Waals surface area contributed by atoms with Crippen molar-refractivity contribution < 1.29 is 14.6 Å². The molecule has 0 saturated carbocycles. The molecule has 0 aliphatic carbocycles. The Kier molecular flexibility index (Phi) is 3.86. The first-order valence-corrected chi connectivity index (χ1v) is 5.86. The summed E-state index contributed by atoms with van der Waals surface area (Å²) in [6.45, 7) is 1.11.